The van der Waals surface area contributed by atoms with Crippen LogP contribution in [-0.4, -0.2) is 30.6 Å². The van der Waals surface area contributed by atoms with Crippen LogP contribution in [0.25, 0.3) is 11.1 Å². The summed E-state index contributed by atoms with van der Waals surface area (Å²) >= 11 is 0. The van der Waals surface area contributed by atoms with Gasteiger partial charge in [0.2, 0.25) is 0 Å². The zero-order chi connectivity index (χ0) is 15.2. The van der Waals surface area contributed by atoms with Gasteiger partial charge in [0.1, 0.15) is 5.75 Å². The van der Waals surface area contributed by atoms with Crippen molar-refractivity contribution in [3.8, 4) is 16.9 Å². The van der Waals surface area contributed by atoms with E-state index in [1.807, 2.05) is 37.3 Å². The molecule has 2 rings (SSSR count). The van der Waals surface area contributed by atoms with Crippen molar-refractivity contribution in [3.05, 3.63) is 48.3 Å². The van der Waals surface area contributed by atoms with Crippen LogP contribution in [0.3, 0.4) is 0 Å². The van der Waals surface area contributed by atoms with Gasteiger partial charge in [0, 0.05) is 30.5 Å². The van der Waals surface area contributed by atoms with E-state index in [1.54, 1.807) is 19.5 Å². The van der Waals surface area contributed by atoms with Gasteiger partial charge in [-0.3, -0.25) is 9.78 Å². The Morgan fingerprint density at radius 2 is 2.00 bits per heavy atom. The SMILES string of the molecule is COc1ccc(-c2cncc(C(=O)N[C@@H](C)CN)c2)cc1. The second-order valence-corrected chi connectivity index (χ2v) is 4.80. The number of carbonyl (C=O) groups is 1. The average molecular weight is 285 g/mol. The third-order valence-corrected chi connectivity index (χ3v) is 3.15. The summed E-state index contributed by atoms with van der Waals surface area (Å²) in [5.74, 6) is 0.619. The first-order valence-corrected chi connectivity index (χ1v) is 6.74. The summed E-state index contributed by atoms with van der Waals surface area (Å²) in [4.78, 5) is 16.2. The van der Waals surface area contributed by atoms with E-state index in [0.717, 1.165) is 16.9 Å². The lowest BCUT2D eigenvalue weighted by Gasteiger charge is -2.11. The highest BCUT2D eigenvalue weighted by atomic mass is 16.5. The van der Waals surface area contributed by atoms with Crippen molar-refractivity contribution in [2.24, 2.45) is 5.73 Å². The fourth-order valence-electron chi connectivity index (χ4n) is 1.87. The van der Waals surface area contributed by atoms with Crippen LogP contribution in [0.4, 0.5) is 0 Å². The minimum atomic E-state index is -0.171. The lowest BCUT2D eigenvalue weighted by atomic mass is 10.1. The molecule has 0 aliphatic rings. The number of aromatic nitrogens is 1. The van der Waals surface area contributed by atoms with Crippen LogP contribution in [-0.2, 0) is 0 Å². The predicted octanol–water partition coefficient (Wildman–Crippen LogP) is 1.83. The highest BCUT2D eigenvalue weighted by molar-refractivity contribution is 5.95. The van der Waals surface area contributed by atoms with E-state index < -0.39 is 0 Å². The van der Waals surface area contributed by atoms with Gasteiger partial charge in [-0.2, -0.15) is 0 Å². The summed E-state index contributed by atoms with van der Waals surface area (Å²) in [6.45, 7) is 2.26. The minimum absolute atomic E-state index is 0.0675. The number of nitrogens with zero attached hydrogens (tertiary/aromatic N) is 1. The van der Waals surface area contributed by atoms with Gasteiger partial charge in [-0.1, -0.05) is 12.1 Å². The number of benzene rings is 1. The highest BCUT2D eigenvalue weighted by Crippen LogP contribution is 2.22. The van der Waals surface area contributed by atoms with E-state index in [4.69, 9.17) is 10.5 Å². The van der Waals surface area contributed by atoms with E-state index >= 15 is 0 Å². The zero-order valence-electron chi connectivity index (χ0n) is 12.2. The van der Waals surface area contributed by atoms with Crippen molar-refractivity contribution in [1.29, 1.82) is 0 Å². The molecule has 0 spiro atoms. The Balaban J connectivity index is 2.22. The topological polar surface area (TPSA) is 77.2 Å². The molecule has 1 aromatic heterocycles. The maximum atomic E-state index is 12.1. The van der Waals surface area contributed by atoms with Crippen molar-refractivity contribution < 1.29 is 9.53 Å². The summed E-state index contributed by atoms with van der Waals surface area (Å²) in [5, 5.41) is 2.82. The average Bonchev–Trinajstić information content (AvgIpc) is 2.55. The molecule has 3 N–H and O–H groups in total. The van der Waals surface area contributed by atoms with Crippen molar-refractivity contribution >= 4 is 5.91 Å². The van der Waals surface area contributed by atoms with E-state index in [9.17, 15) is 4.79 Å². The first-order valence-electron chi connectivity index (χ1n) is 6.74. The molecular formula is C16H19N3O2. The standard InChI is InChI=1S/C16H19N3O2/c1-11(8-17)19-16(20)14-7-13(9-18-10-14)12-3-5-15(21-2)6-4-12/h3-7,9-11H,8,17H2,1-2H3,(H,19,20)/t11-/m0/s1. The third kappa shape index (κ3) is 3.79. The van der Waals surface area contributed by atoms with Crippen molar-refractivity contribution in [1.82, 2.24) is 10.3 Å². The molecule has 0 saturated heterocycles. The van der Waals surface area contributed by atoms with E-state index in [1.165, 1.54) is 0 Å². The number of rotatable bonds is 5. The van der Waals surface area contributed by atoms with E-state index in [0.29, 0.717) is 12.1 Å². The van der Waals surface area contributed by atoms with Crippen LogP contribution < -0.4 is 15.8 Å². The maximum absolute atomic E-state index is 12.1. The minimum Gasteiger partial charge on any atom is -0.497 e. The van der Waals surface area contributed by atoms with Gasteiger partial charge in [0.15, 0.2) is 0 Å². The largest absolute Gasteiger partial charge is 0.497 e. The summed E-state index contributed by atoms with van der Waals surface area (Å²) in [5.41, 5.74) is 7.88. The van der Waals surface area contributed by atoms with Crippen LogP contribution in [0.1, 0.15) is 17.3 Å². The van der Waals surface area contributed by atoms with Gasteiger partial charge in [-0.15, -0.1) is 0 Å². The fraction of sp³-hybridized carbons (Fsp3) is 0.250. The molecule has 21 heavy (non-hydrogen) atoms. The number of carbonyl (C=O) groups excluding carboxylic acids is 1. The summed E-state index contributed by atoms with van der Waals surface area (Å²) in [6, 6.07) is 9.35. The zero-order valence-corrected chi connectivity index (χ0v) is 12.2. The van der Waals surface area contributed by atoms with Gasteiger partial charge in [-0.25, -0.2) is 0 Å². The maximum Gasteiger partial charge on any atom is 0.253 e. The Kier molecular flexibility index (Phi) is 4.90. The Bertz CT molecular complexity index is 611. The van der Waals surface area contributed by atoms with Crippen LogP contribution in [0.15, 0.2) is 42.7 Å². The van der Waals surface area contributed by atoms with Crippen LogP contribution in [0.5, 0.6) is 5.75 Å². The van der Waals surface area contributed by atoms with E-state index in [-0.39, 0.29) is 11.9 Å². The molecule has 0 bridgehead atoms. The van der Waals surface area contributed by atoms with Crippen LogP contribution in [0.2, 0.25) is 0 Å². The molecule has 2 aromatic rings. The number of nitrogens with one attached hydrogen (secondary N) is 1. The van der Waals surface area contributed by atoms with Gasteiger partial charge >= 0.3 is 0 Å². The Morgan fingerprint density at radius 1 is 1.29 bits per heavy atom. The van der Waals surface area contributed by atoms with Gasteiger partial charge in [-0.05, 0) is 30.7 Å². The molecule has 0 saturated carbocycles. The van der Waals surface area contributed by atoms with E-state index in [2.05, 4.69) is 10.3 Å². The Labute approximate surface area is 124 Å². The molecule has 1 heterocycles. The quantitative estimate of drug-likeness (QED) is 0.878. The smallest absolute Gasteiger partial charge is 0.253 e. The molecule has 0 aliphatic heterocycles. The molecule has 5 nitrogen and oxygen atoms in total. The summed E-state index contributed by atoms with van der Waals surface area (Å²) in [6.07, 6.45) is 3.27. The molecule has 5 heteroatoms. The van der Waals surface area contributed by atoms with Gasteiger partial charge < -0.3 is 15.8 Å². The lowest BCUT2D eigenvalue weighted by molar-refractivity contribution is 0.0941. The Morgan fingerprint density at radius 3 is 2.62 bits per heavy atom. The van der Waals surface area contributed by atoms with Crippen LogP contribution in [0, 0.1) is 0 Å². The van der Waals surface area contributed by atoms with Gasteiger partial charge in [0.25, 0.3) is 5.91 Å². The van der Waals surface area contributed by atoms with Crippen LogP contribution >= 0.6 is 0 Å². The molecule has 1 amide bonds. The molecule has 0 unspecified atom stereocenters. The molecule has 0 aliphatic carbocycles. The van der Waals surface area contributed by atoms with Crippen molar-refractivity contribution in [2.45, 2.75) is 13.0 Å². The number of ether oxygens (including phenoxy) is 1. The fourth-order valence-corrected chi connectivity index (χ4v) is 1.87. The normalized spacial score (nSPS) is 11.8. The first kappa shape index (κ1) is 15.0. The van der Waals surface area contributed by atoms with Crippen molar-refractivity contribution in [2.75, 3.05) is 13.7 Å². The van der Waals surface area contributed by atoms with Gasteiger partial charge in [0.05, 0.1) is 12.7 Å². The first-order chi connectivity index (χ1) is 10.1. The predicted molar refractivity (Wildman–Crippen MR) is 82.2 cm³/mol. The molecule has 1 atom stereocenters. The number of methoxy groups -OCH3 is 1. The summed E-state index contributed by atoms with van der Waals surface area (Å²) in [7, 11) is 1.63. The number of amides is 1. The molecule has 1 aromatic carbocycles. The second-order valence-electron chi connectivity index (χ2n) is 4.80. The van der Waals surface area contributed by atoms with Crippen molar-refractivity contribution in [3.63, 3.8) is 0 Å². The number of nitrogens with two attached hydrogens (primary N) is 1. The lowest BCUT2D eigenvalue weighted by Crippen LogP contribution is -2.37. The second kappa shape index (κ2) is 6.85. The molecule has 0 fully saturated rings. The number of hydrogen-bond donors (Lipinski definition) is 2. The highest BCUT2D eigenvalue weighted by Gasteiger charge is 2.10. The monoisotopic (exact) mass is 285 g/mol. The molecule has 0 radical (unpaired) electrons. The third-order valence-electron chi connectivity index (χ3n) is 3.15. The number of hydrogen-bond acceptors (Lipinski definition) is 4. The molecule has 110 valence electrons. The number of pyridine rings is 1. The summed E-state index contributed by atoms with van der Waals surface area (Å²) < 4.78 is 5.13. The molecular weight excluding hydrogens is 266 g/mol. The Hall–Kier alpha value is -2.40.